The molecule has 21 heavy (non-hydrogen) atoms. The maximum atomic E-state index is 12.5. The molecule has 0 unspecified atom stereocenters. The van der Waals surface area contributed by atoms with Crippen LogP contribution in [-0.2, 0) is 16.0 Å². The third-order valence-corrected chi connectivity index (χ3v) is 3.42. The number of carbonyl (C=O) groups is 2. The number of benzene rings is 1. The van der Waals surface area contributed by atoms with Crippen molar-refractivity contribution in [3.63, 3.8) is 0 Å². The highest BCUT2D eigenvalue weighted by Gasteiger charge is 2.31. The maximum Gasteiger partial charge on any atom is 0.446 e. The van der Waals surface area contributed by atoms with Crippen LogP contribution >= 0.6 is 23.4 Å². The molecular formula is C13H12ClF3O3S. The van der Waals surface area contributed by atoms with Crippen LogP contribution in [0, 0.1) is 0 Å². The molecule has 116 valence electrons. The fourth-order valence-electron chi connectivity index (χ4n) is 1.54. The Kier molecular flexibility index (Phi) is 6.54. The normalized spacial score (nSPS) is 11.3. The second-order valence-electron chi connectivity index (χ2n) is 3.95. The number of thioether (sulfide) groups is 1. The maximum absolute atomic E-state index is 12.5. The largest absolute Gasteiger partial charge is 0.462 e. The lowest BCUT2D eigenvalue weighted by Gasteiger charge is -2.12. The number of carbonyl (C=O) groups excluding carboxylic acids is 2. The highest BCUT2D eigenvalue weighted by Crippen LogP contribution is 2.39. The van der Waals surface area contributed by atoms with Crippen LogP contribution in [0.1, 0.15) is 22.8 Å². The van der Waals surface area contributed by atoms with Gasteiger partial charge in [-0.25, -0.2) is 4.79 Å². The smallest absolute Gasteiger partial charge is 0.446 e. The molecule has 8 heteroatoms. The highest BCUT2D eigenvalue weighted by molar-refractivity contribution is 8.00. The van der Waals surface area contributed by atoms with Crippen molar-refractivity contribution in [2.75, 3.05) is 12.5 Å². The number of alkyl halides is 4. The molecule has 0 aliphatic rings. The van der Waals surface area contributed by atoms with Crippen molar-refractivity contribution in [3.8, 4) is 0 Å². The quantitative estimate of drug-likeness (QED) is 0.448. The average molecular weight is 341 g/mol. The second-order valence-corrected chi connectivity index (χ2v) is 5.32. The molecule has 3 nitrogen and oxygen atoms in total. The Morgan fingerprint density at radius 1 is 1.33 bits per heavy atom. The van der Waals surface area contributed by atoms with Gasteiger partial charge in [0, 0.05) is 11.3 Å². The molecular weight excluding hydrogens is 329 g/mol. The Labute approximate surface area is 128 Å². The average Bonchev–Trinajstić information content (AvgIpc) is 2.39. The van der Waals surface area contributed by atoms with Gasteiger partial charge in [0.1, 0.15) is 0 Å². The molecule has 0 atom stereocenters. The first-order valence-corrected chi connectivity index (χ1v) is 7.25. The lowest BCUT2D eigenvalue weighted by molar-refractivity contribution is -0.116. The van der Waals surface area contributed by atoms with Gasteiger partial charge in [0.25, 0.3) is 0 Å². The number of hydrogen-bond donors (Lipinski definition) is 0. The van der Waals surface area contributed by atoms with Crippen LogP contribution in [-0.4, -0.2) is 29.7 Å². The van der Waals surface area contributed by atoms with Gasteiger partial charge in [0.15, 0.2) is 5.78 Å². The summed E-state index contributed by atoms with van der Waals surface area (Å²) in [7, 11) is 0. The molecule has 0 bridgehead atoms. The number of halogens is 4. The molecule has 0 spiro atoms. The zero-order valence-electron chi connectivity index (χ0n) is 11.0. The van der Waals surface area contributed by atoms with E-state index in [0.29, 0.717) is 5.56 Å². The predicted octanol–water partition coefficient (Wildman–Crippen LogP) is 3.83. The minimum atomic E-state index is -4.52. The van der Waals surface area contributed by atoms with Crippen LogP contribution in [0.4, 0.5) is 13.2 Å². The first-order valence-electron chi connectivity index (χ1n) is 5.90. The fourth-order valence-corrected chi connectivity index (χ4v) is 2.28. The van der Waals surface area contributed by atoms with Gasteiger partial charge in [0.2, 0.25) is 0 Å². The summed E-state index contributed by atoms with van der Waals surface area (Å²) < 4.78 is 42.2. The van der Waals surface area contributed by atoms with Gasteiger partial charge in [-0.1, -0.05) is 6.07 Å². The van der Waals surface area contributed by atoms with Crippen LogP contribution < -0.4 is 0 Å². The number of esters is 1. The van der Waals surface area contributed by atoms with E-state index in [2.05, 4.69) is 0 Å². The molecule has 0 aliphatic carbocycles. The van der Waals surface area contributed by atoms with Gasteiger partial charge in [-0.2, -0.15) is 13.2 Å². The molecule has 0 amide bonds. The molecule has 1 aromatic carbocycles. The van der Waals surface area contributed by atoms with E-state index in [1.54, 1.807) is 6.92 Å². The molecule has 0 saturated carbocycles. The molecule has 1 rings (SSSR count). The zero-order valence-corrected chi connectivity index (χ0v) is 12.6. The summed E-state index contributed by atoms with van der Waals surface area (Å²) in [5.41, 5.74) is -4.32. The number of rotatable bonds is 6. The molecule has 0 radical (unpaired) electrons. The minimum absolute atomic E-state index is 0.0415. The summed E-state index contributed by atoms with van der Waals surface area (Å²) in [6, 6.07) is 3.75. The van der Waals surface area contributed by atoms with Crippen LogP contribution in [0.15, 0.2) is 23.1 Å². The first-order chi connectivity index (χ1) is 9.76. The number of hydrogen-bond acceptors (Lipinski definition) is 4. The van der Waals surface area contributed by atoms with Crippen LogP contribution in [0.5, 0.6) is 0 Å². The Morgan fingerprint density at radius 2 is 2.00 bits per heavy atom. The molecule has 1 aromatic rings. The van der Waals surface area contributed by atoms with Gasteiger partial charge < -0.3 is 4.74 Å². The monoisotopic (exact) mass is 340 g/mol. The van der Waals surface area contributed by atoms with Crippen LogP contribution in [0.3, 0.4) is 0 Å². The van der Waals surface area contributed by atoms with Gasteiger partial charge in [0.05, 0.1) is 18.1 Å². The second kappa shape index (κ2) is 7.70. The predicted molar refractivity (Wildman–Crippen MR) is 73.7 cm³/mol. The van der Waals surface area contributed by atoms with Crippen LogP contribution in [0.2, 0.25) is 0 Å². The van der Waals surface area contributed by atoms with Crippen molar-refractivity contribution in [3.05, 3.63) is 29.3 Å². The summed E-state index contributed by atoms with van der Waals surface area (Å²) >= 11 is 4.98. The van der Waals surface area contributed by atoms with E-state index in [-0.39, 0.29) is 35.1 Å². The zero-order chi connectivity index (χ0) is 16.0. The summed E-state index contributed by atoms with van der Waals surface area (Å²) in [4.78, 5) is 22.8. The van der Waals surface area contributed by atoms with E-state index < -0.39 is 23.2 Å². The molecule has 0 N–H and O–H groups in total. The third kappa shape index (κ3) is 5.97. The van der Waals surface area contributed by atoms with Crippen molar-refractivity contribution in [1.29, 1.82) is 0 Å². The summed E-state index contributed by atoms with van der Waals surface area (Å²) in [6.45, 7) is 1.59. The molecule has 0 heterocycles. The van der Waals surface area contributed by atoms with E-state index >= 15 is 0 Å². The molecule has 0 fully saturated rings. The standard InChI is InChI=1S/C13H12ClF3O3S/c1-2-20-12(19)10-6-8(5-9(18)7-14)3-4-11(10)21-13(15,16)17/h3-4,6H,2,5,7H2,1H3. The minimum Gasteiger partial charge on any atom is -0.462 e. The Hall–Kier alpha value is -1.21. The Bertz CT molecular complexity index is 532. The van der Waals surface area contributed by atoms with E-state index in [1.165, 1.54) is 12.1 Å². The summed E-state index contributed by atoms with van der Waals surface area (Å²) in [6.07, 6.45) is -0.0487. The molecule has 0 aromatic heterocycles. The lowest BCUT2D eigenvalue weighted by atomic mass is 10.1. The van der Waals surface area contributed by atoms with Crippen molar-refractivity contribution in [2.24, 2.45) is 0 Å². The summed E-state index contributed by atoms with van der Waals surface area (Å²) in [5, 5.41) is 0. The molecule has 0 saturated heterocycles. The lowest BCUT2D eigenvalue weighted by Crippen LogP contribution is -2.11. The summed E-state index contributed by atoms with van der Waals surface area (Å²) in [5.74, 6) is -1.35. The van der Waals surface area contributed by atoms with Crippen molar-refractivity contribution in [1.82, 2.24) is 0 Å². The Morgan fingerprint density at radius 3 is 2.52 bits per heavy atom. The van der Waals surface area contributed by atoms with Gasteiger partial charge in [-0.15, -0.1) is 11.6 Å². The van der Waals surface area contributed by atoms with E-state index in [1.807, 2.05) is 0 Å². The van der Waals surface area contributed by atoms with E-state index in [0.717, 1.165) is 6.07 Å². The van der Waals surface area contributed by atoms with Gasteiger partial charge in [-0.05, 0) is 36.4 Å². The van der Waals surface area contributed by atoms with Gasteiger partial charge in [-0.3, -0.25) is 4.79 Å². The van der Waals surface area contributed by atoms with Crippen LogP contribution in [0.25, 0.3) is 0 Å². The van der Waals surface area contributed by atoms with Crippen molar-refractivity contribution >= 4 is 35.1 Å². The fraction of sp³-hybridized carbons (Fsp3) is 0.385. The molecule has 0 aliphatic heterocycles. The number of ketones is 1. The van der Waals surface area contributed by atoms with E-state index in [9.17, 15) is 22.8 Å². The van der Waals surface area contributed by atoms with Crippen molar-refractivity contribution < 1.29 is 27.5 Å². The number of ether oxygens (including phenoxy) is 1. The first kappa shape index (κ1) is 17.8. The Balaban J connectivity index is 3.13. The highest BCUT2D eigenvalue weighted by atomic mass is 35.5. The number of Topliss-reactive ketones (excluding diaryl/α,β-unsaturated/α-hetero) is 1. The van der Waals surface area contributed by atoms with Crippen molar-refractivity contribution in [2.45, 2.75) is 23.7 Å². The van der Waals surface area contributed by atoms with Gasteiger partial charge >= 0.3 is 11.5 Å². The van der Waals surface area contributed by atoms with E-state index in [4.69, 9.17) is 16.3 Å². The topological polar surface area (TPSA) is 43.4 Å². The SMILES string of the molecule is CCOC(=O)c1cc(CC(=O)CCl)ccc1SC(F)(F)F. The third-order valence-electron chi connectivity index (χ3n) is 2.32.